The first-order valence-electron chi connectivity index (χ1n) is 4.97. The third-order valence-electron chi connectivity index (χ3n) is 2.15. The van der Waals surface area contributed by atoms with Gasteiger partial charge < -0.3 is 5.11 Å². The number of thioether (sulfide) groups is 1. The van der Waals surface area contributed by atoms with E-state index in [-0.39, 0.29) is 10.0 Å². The Morgan fingerprint density at radius 3 is 2.75 bits per heavy atom. The largest absolute Gasteiger partial charge is 0.388 e. The topological polar surface area (TPSA) is 20.2 Å². The minimum absolute atomic E-state index is 0.172. The Labute approximate surface area is 106 Å². The molecule has 0 bridgehead atoms. The molecule has 0 saturated carbocycles. The first-order valence-corrected chi connectivity index (χ1v) is 6.91. The van der Waals surface area contributed by atoms with Crippen molar-refractivity contribution in [1.82, 2.24) is 0 Å². The quantitative estimate of drug-likeness (QED) is 0.657. The van der Waals surface area contributed by atoms with Gasteiger partial charge in [-0.2, -0.15) is 11.8 Å². The summed E-state index contributed by atoms with van der Waals surface area (Å²) in [5, 5.41) is 9.72. The molecule has 1 aromatic rings. The summed E-state index contributed by atoms with van der Waals surface area (Å²) in [4.78, 5) is 0. The van der Waals surface area contributed by atoms with Crippen LogP contribution in [0.25, 0.3) is 0 Å². The van der Waals surface area contributed by atoms with Crippen molar-refractivity contribution >= 4 is 27.7 Å². The minimum Gasteiger partial charge on any atom is -0.388 e. The molecule has 1 N–H and O–H groups in total. The van der Waals surface area contributed by atoms with Crippen LogP contribution in [0.2, 0.25) is 0 Å². The molecule has 1 atom stereocenters. The molecule has 0 aliphatic carbocycles. The summed E-state index contributed by atoms with van der Waals surface area (Å²) in [7, 11) is 0. The summed E-state index contributed by atoms with van der Waals surface area (Å²) in [6, 6.07) is 2.44. The number of hydrogen-bond donors (Lipinski definition) is 1. The molecule has 0 radical (unpaired) electrons. The van der Waals surface area contributed by atoms with Crippen LogP contribution >= 0.6 is 27.7 Å². The van der Waals surface area contributed by atoms with Gasteiger partial charge in [-0.15, -0.1) is 0 Å². The summed E-state index contributed by atoms with van der Waals surface area (Å²) in [5.41, 5.74) is -0.244. The van der Waals surface area contributed by atoms with Crippen LogP contribution in [0, 0.1) is 11.6 Å². The lowest BCUT2D eigenvalue weighted by Gasteiger charge is -2.13. The number of aliphatic hydroxyl groups is 1. The number of benzene rings is 1. The molecule has 1 unspecified atom stereocenters. The second-order valence-electron chi connectivity index (χ2n) is 3.26. The first kappa shape index (κ1) is 13.9. The van der Waals surface area contributed by atoms with Gasteiger partial charge in [-0.3, -0.25) is 0 Å². The van der Waals surface area contributed by atoms with Gasteiger partial charge in [0.1, 0.15) is 11.6 Å². The van der Waals surface area contributed by atoms with Gasteiger partial charge in [0.15, 0.2) is 0 Å². The van der Waals surface area contributed by atoms with Crippen LogP contribution < -0.4 is 0 Å². The zero-order chi connectivity index (χ0) is 12.1. The van der Waals surface area contributed by atoms with Crippen LogP contribution in [-0.2, 0) is 0 Å². The number of aliphatic hydroxyl groups excluding tert-OH is 1. The van der Waals surface area contributed by atoms with E-state index in [1.54, 1.807) is 11.8 Å². The fraction of sp³-hybridized carbons (Fsp3) is 0.455. The molecule has 0 aromatic heterocycles. The van der Waals surface area contributed by atoms with Crippen molar-refractivity contribution in [3.63, 3.8) is 0 Å². The molecule has 1 aromatic carbocycles. The second-order valence-corrected chi connectivity index (χ2v) is 5.51. The van der Waals surface area contributed by atoms with Crippen molar-refractivity contribution < 1.29 is 13.9 Å². The Hall–Kier alpha value is -0.130. The van der Waals surface area contributed by atoms with Gasteiger partial charge in [-0.1, -0.05) is 6.92 Å². The Morgan fingerprint density at radius 2 is 2.12 bits per heavy atom. The maximum atomic E-state index is 13.6. The van der Waals surface area contributed by atoms with E-state index in [1.165, 1.54) is 6.07 Å². The Balaban J connectivity index is 2.81. The Bertz CT molecular complexity index is 360. The summed E-state index contributed by atoms with van der Waals surface area (Å²) >= 11 is 4.60. The van der Waals surface area contributed by atoms with Gasteiger partial charge in [0, 0.05) is 0 Å². The average molecular weight is 311 g/mol. The van der Waals surface area contributed by atoms with Crippen LogP contribution in [-0.4, -0.2) is 16.6 Å². The minimum atomic E-state index is -1.09. The van der Waals surface area contributed by atoms with E-state index < -0.39 is 17.7 Å². The number of hydrogen-bond acceptors (Lipinski definition) is 2. The third kappa shape index (κ3) is 3.43. The molecule has 0 aliphatic heterocycles. The van der Waals surface area contributed by atoms with E-state index >= 15 is 0 Å². The van der Waals surface area contributed by atoms with Crippen LogP contribution in [0.5, 0.6) is 0 Å². The molecule has 0 amide bonds. The van der Waals surface area contributed by atoms with Gasteiger partial charge in [0.25, 0.3) is 0 Å². The van der Waals surface area contributed by atoms with E-state index in [0.717, 1.165) is 11.8 Å². The van der Waals surface area contributed by atoms with E-state index in [1.807, 2.05) is 6.92 Å². The van der Waals surface area contributed by atoms with Crippen molar-refractivity contribution in [3.05, 3.63) is 33.8 Å². The smallest absolute Gasteiger partial charge is 0.146 e. The highest BCUT2D eigenvalue weighted by molar-refractivity contribution is 9.10. The van der Waals surface area contributed by atoms with Gasteiger partial charge in [-0.25, -0.2) is 8.78 Å². The van der Waals surface area contributed by atoms with Crippen LogP contribution in [0.4, 0.5) is 8.78 Å². The lowest BCUT2D eigenvalue weighted by molar-refractivity contribution is 0.165. The highest BCUT2D eigenvalue weighted by Gasteiger charge is 2.19. The molecule has 0 aliphatic rings. The van der Waals surface area contributed by atoms with E-state index in [9.17, 15) is 13.9 Å². The lowest BCUT2D eigenvalue weighted by atomic mass is 10.1. The zero-order valence-corrected chi connectivity index (χ0v) is 11.2. The second kappa shape index (κ2) is 6.57. The molecular weight excluding hydrogens is 298 g/mol. The normalized spacial score (nSPS) is 12.8. The zero-order valence-electron chi connectivity index (χ0n) is 8.84. The molecule has 0 fully saturated rings. The SMILES string of the molecule is CCSCCC(O)c1c(F)ccc(Br)c1F. The summed E-state index contributed by atoms with van der Waals surface area (Å²) in [6.45, 7) is 2.00. The van der Waals surface area contributed by atoms with Crippen molar-refractivity contribution in [2.45, 2.75) is 19.4 Å². The van der Waals surface area contributed by atoms with Crippen molar-refractivity contribution in [3.8, 4) is 0 Å². The predicted octanol–water partition coefficient (Wildman–Crippen LogP) is 3.90. The fourth-order valence-corrected chi connectivity index (χ4v) is 2.36. The maximum absolute atomic E-state index is 13.6. The van der Waals surface area contributed by atoms with Crippen molar-refractivity contribution in [1.29, 1.82) is 0 Å². The molecule has 16 heavy (non-hydrogen) atoms. The molecule has 1 rings (SSSR count). The molecule has 0 heterocycles. The highest BCUT2D eigenvalue weighted by Crippen LogP contribution is 2.29. The van der Waals surface area contributed by atoms with Crippen LogP contribution in [0.3, 0.4) is 0 Å². The van der Waals surface area contributed by atoms with Crippen molar-refractivity contribution in [2.75, 3.05) is 11.5 Å². The van der Waals surface area contributed by atoms with Gasteiger partial charge in [0.05, 0.1) is 16.1 Å². The van der Waals surface area contributed by atoms with E-state index in [2.05, 4.69) is 15.9 Å². The molecule has 90 valence electrons. The van der Waals surface area contributed by atoms with Crippen LogP contribution in [0.15, 0.2) is 16.6 Å². The molecule has 0 spiro atoms. The predicted molar refractivity (Wildman–Crippen MR) is 66.6 cm³/mol. The van der Waals surface area contributed by atoms with Gasteiger partial charge in [0.2, 0.25) is 0 Å². The molecule has 5 heteroatoms. The van der Waals surface area contributed by atoms with E-state index in [4.69, 9.17) is 0 Å². The third-order valence-corrected chi connectivity index (χ3v) is 3.70. The Morgan fingerprint density at radius 1 is 1.44 bits per heavy atom. The summed E-state index contributed by atoms with van der Waals surface area (Å²) in [5.74, 6) is 0.197. The lowest BCUT2D eigenvalue weighted by Crippen LogP contribution is -2.06. The summed E-state index contributed by atoms with van der Waals surface area (Å²) < 4.78 is 27.1. The number of rotatable bonds is 5. The summed E-state index contributed by atoms with van der Waals surface area (Å²) in [6.07, 6.45) is -0.737. The monoisotopic (exact) mass is 310 g/mol. The average Bonchev–Trinajstić information content (AvgIpc) is 2.24. The molecule has 0 saturated heterocycles. The fourth-order valence-electron chi connectivity index (χ4n) is 1.33. The number of halogens is 3. The first-order chi connectivity index (χ1) is 7.57. The molecule has 1 nitrogen and oxygen atoms in total. The van der Waals surface area contributed by atoms with Crippen LogP contribution in [0.1, 0.15) is 25.0 Å². The standard InChI is InChI=1S/C11H13BrF2OS/c1-2-16-6-5-9(15)10-8(13)4-3-7(12)11(10)14/h3-4,9,15H,2,5-6H2,1H3. The van der Waals surface area contributed by atoms with Crippen molar-refractivity contribution in [2.24, 2.45) is 0 Å². The molecular formula is C11H13BrF2OS. The van der Waals surface area contributed by atoms with E-state index in [0.29, 0.717) is 12.2 Å². The van der Waals surface area contributed by atoms with Gasteiger partial charge >= 0.3 is 0 Å². The Kier molecular flexibility index (Phi) is 5.72. The maximum Gasteiger partial charge on any atom is 0.146 e. The highest BCUT2D eigenvalue weighted by atomic mass is 79.9. The van der Waals surface area contributed by atoms with Gasteiger partial charge in [-0.05, 0) is 46.0 Å².